The number of anilines is 1. The molecule has 1 aliphatic rings. The second kappa shape index (κ2) is 9.12. The molecule has 0 aromatic heterocycles. The number of ether oxygens (including phenoxy) is 1. The Morgan fingerprint density at radius 3 is 2.52 bits per heavy atom. The maximum atomic E-state index is 13.1. The molecule has 2 amide bonds. The van der Waals surface area contributed by atoms with Crippen LogP contribution in [0.5, 0.6) is 5.75 Å². The first kappa shape index (κ1) is 20.9. The van der Waals surface area contributed by atoms with E-state index in [0.717, 1.165) is 46.7 Å². The van der Waals surface area contributed by atoms with Crippen molar-refractivity contribution in [2.24, 2.45) is 0 Å². The van der Waals surface area contributed by atoms with Gasteiger partial charge in [-0.2, -0.15) is 0 Å². The average Bonchev–Trinajstić information content (AvgIpc) is 2.92. The van der Waals surface area contributed by atoms with E-state index >= 15 is 0 Å². The van der Waals surface area contributed by atoms with Crippen LogP contribution in [0.2, 0.25) is 0 Å². The van der Waals surface area contributed by atoms with Gasteiger partial charge in [0.25, 0.3) is 5.91 Å². The van der Waals surface area contributed by atoms with E-state index < -0.39 is 6.04 Å². The van der Waals surface area contributed by atoms with Gasteiger partial charge in [-0.25, -0.2) is 0 Å². The fraction of sp³-hybridized carbons (Fsp3) is 0.417. The van der Waals surface area contributed by atoms with Gasteiger partial charge in [0.15, 0.2) is 0 Å². The van der Waals surface area contributed by atoms with E-state index in [1.165, 1.54) is 19.8 Å². The third kappa shape index (κ3) is 4.78. The molecule has 0 saturated carbocycles. The fourth-order valence-corrected chi connectivity index (χ4v) is 3.90. The Morgan fingerprint density at radius 2 is 1.86 bits per heavy atom. The van der Waals surface area contributed by atoms with Crippen molar-refractivity contribution in [1.29, 1.82) is 0 Å². The lowest BCUT2D eigenvalue weighted by Gasteiger charge is -2.20. The van der Waals surface area contributed by atoms with Crippen molar-refractivity contribution in [3.63, 3.8) is 0 Å². The minimum Gasteiger partial charge on any atom is -0.494 e. The lowest BCUT2D eigenvalue weighted by molar-refractivity contribution is -0.126. The molecule has 154 valence electrons. The molecule has 5 nitrogen and oxygen atoms in total. The quantitative estimate of drug-likeness (QED) is 0.666. The highest BCUT2D eigenvalue weighted by Gasteiger charge is 2.38. The van der Waals surface area contributed by atoms with Crippen molar-refractivity contribution >= 4 is 17.5 Å². The van der Waals surface area contributed by atoms with Crippen molar-refractivity contribution in [3.05, 3.63) is 58.7 Å². The molecule has 1 aliphatic heterocycles. The zero-order valence-electron chi connectivity index (χ0n) is 17.7. The Labute approximate surface area is 173 Å². The lowest BCUT2D eigenvalue weighted by Crippen LogP contribution is -2.36. The van der Waals surface area contributed by atoms with Crippen molar-refractivity contribution in [3.8, 4) is 5.75 Å². The maximum absolute atomic E-state index is 13.1. The number of hydrogen-bond donors (Lipinski definition) is 1. The zero-order valence-corrected chi connectivity index (χ0v) is 17.7. The summed E-state index contributed by atoms with van der Waals surface area (Å²) in [6.07, 6.45) is 3.40. The molecule has 0 bridgehead atoms. The van der Waals surface area contributed by atoms with E-state index in [1.807, 2.05) is 44.2 Å². The zero-order chi connectivity index (χ0) is 21.0. The molecule has 29 heavy (non-hydrogen) atoms. The fourth-order valence-electron chi connectivity index (χ4n) is 3.90. The summed E-state index contributed by atoms with van der Waals surface area (Å²) >= 11 is 0. The van der Waals surface area contributed by atoms with Gasteiger partial charge in [-0.1, -0.05) is 49.6 Å². The largest absolute Gasteiger partial charge is 0.494 e. The molecular weight excluding hydrogens is 364 g/mol. The normalized spacial score (nSPS) is 15.4. The highest BCUT2D eigenvalue weighted by Crippen LogP contribution is 2.40. The van der Waals surface area contributed by atoms with Crippen LogP contribution in [0.4, 0.5) is 5.69 Å². The number of rotatable bonds is 8. The third-order valence-corrected chi connectivity index (χ3v) is 5.20. The van der Waals surface area contributed by atoms with Gasteiger partial charge in [-0.3, -0.25) is 9.59 Å². The average molecular weight is 395 g/mol. The molecule has 2 aromatic carbocycles. The summed E-state index contributed by atoms with van der Waals surface area (Å²) in [5, 5.41) is 2.81. The lowest BCUT2D eigenvalue weighted by atomic mass is 10.0. The molecule has 3 rings (SSSR count). The number of fused-ring (bicyclic) bond motifs is 1. The molecule has 2 aromatic rings. The summed E-state index contributed by atoms with van der Waals surface area (Å²) in [5.41, 5.74) is 4.92. The molecule has 0 unspecified atom stereocenters. The van der Waals surface area contributed by atoms with Crippen LogP contribution >= 0.6 is 0 Å². The van der Waals surface area contributed by atoms with Crippen LogP contribution in [0.15, 0.2) is 36.4 Å². The summed E-state index contributed by atoms with van der Waals surface area (Å²) in [6, 6.07) is 11.3. The first-order valence-electron chi connectivity index (χ1n) is 10.3. The van der Waals surface area contributed by atoms with Crippen LogP contribution < -0.4 is 15.0 Å². The van der Waals surface area contributed by atoms with Crippen molar-refractivity contribution in [2.45, 2.75) is 59.5 Å². The van der Waals surface area contributed by atoms with Gasteiger partial charge in [0.05, 0.1) is 18.8 Å². The second-order valence-electron chi connectivity index (χ2n) is 7.78. The second-order valence-corrected chi connectivity index (χ2v) is 7.78. The van der Waals surface area contributed by atoms with Crippen molar-refractivity contribution in [2.75, 3.05) is 11.5 Å². The predicted molar refractivity (Wildman–Crippen MR) is 115 cm³/mol. The number of carbonyl (C=O) groups excluding carboxylic acids is 2. The van der Waals surface area contributed by atoms with Gasteiger partial charge in [0, 0.05) is 12.5 Å². The van der Waals surface area contributed by atoms with Crippen LogP contribution in [-0.2, 0) is 16.1 Å². The number of unbranched alkanes of at least 4 members (excludes halogenated alkanes) is 2. The minimum absolute atomic E-state index is 0.0937. The summed E-state index contributed by atoms with van der Waals surface area (Å²) in [6.45, 7) is 8.81. The molecule has 0 radical (unpaired) electrons. The Bertz CT molecular complexity index is 890. The molecular formula is C24H30N2O3. The van der Waals surface area contributed by atoms with Gasteiger partial charge >= 0.3 is 0 Å². The third-order valence-electron chi connectivity index (χ3n) is 5.20. The number of aryl methyl sites for hydroxylation is 2. The van der Waals surface area contributed by atoms with Crippen molar-refractivity contribution < 1.29 is 14.3 Å². The molecule has 5 heteroatoms. The molecule has 1 heterocycles. The first-order chi connectivity index (χ1) is 13.9. The summed E-state index contributed by atoms with van der Waals surface area (Å²) in [4.78, 5) is 26.6. The Morgan fingerprint density at radius 1 is 1.14 bits per heavy atom. The van der Waals surface area contributed by atoms with E-state index in [2.05, 4.69) is 18.3 Å². The summed E-state index contributed by atoms with van der Waals surface area (Å²) in [7, 11) is 0. The van der Waals surface area contributed by atoms with E-state index in [9.17, 15) is 9.59 Å². The Balaban J connectivity index is 1.79. The number of carbonyl (C=O) groups is 2. The monoisotopic (exact) mass is 394 g/mol. The number of hydrogen-bond acceptors (Lipinski definition) is 3. The SMILES string of the molecule is CCCCCOc1ccc(CN2C(=O)[C@@H](NC(C)=O)c3cc(C)cc(C)c32)cc1. The smallest absolute Gasteiger partial charge is 0.254 e. The molecule has 0 fully saturated rings. The summed E-state index contributed by atoms with van der Waals surface area (Å²) in [5.74, 6) is 0.546. The highest BCUT2D eigenvalue weighted by molar-refractivity contribution is 6.06. The van der Waals surface area contributed by atoms with Gasteiger partial charge < -0.3 is 15.0 Å². The molecule has 1 N–H and O–H groups in total. The highest BCUT2D eigenvalue weighted by atomic mass is 16.5. The Hall–Kier alpha value is -2.82. The van der Waals surface area contributed by atoms with Crippen LogP contribution in [0, 0.1) is 13.8 Å². The molecule has 1 atom stereocenters. The number of nitrogens with zero attached hydrogens (tertiary/aromatic N) is 1. The van der Waals surface area contributed by atoms with Gasteiger partial charge in [0.2, 0.25) is 5.91 Å². The molecule has 0 spiro atoms. The van der Waals surface area contributed by atoms with Crippen molar-refractivity contribution in [1.82, 2.24) is 5.32 Å². The molecule has 0 aliphatic carbocycles. The van der Waals surface area contributed by atoms with Gasteiger partial charge in [-0.15, -0.1) is 0 Å². The Kier molecular flexibility index (Phi) is 6.57. The predicted octanol–water partition coefficient (Wildman–Crippen LogP) is 4.60. The van der Waals surface area contributed by atoms with Gasteiger partial charge in [-0.05, 0) is 43.5 Å². The molecule has 0 saturated heterocycles. The topological polar surface area (TPSA) is 58.6 Å². The van der Waals surface area contributed by atoms with Crippen LogP contribution in [0.25, 0.3) is 0 Å². The van der Waals surface area contributed by atoms with E-state index in [0.29, 0.717) is 6.54 Å². The van der Waals surface area contributed by atoms with E-state index in [4.69, 9.17) is 4.74 Å². The number of amides is 2. The van der Waals surface area contributed by atoms with E-state index in [1.54, 1.807) is 4.90 Å². The first-order valence-corrected chi connectivity index (χ1v) is 10.3. The van der Waals surface area contributed by atoms with E-state index in [-0.39, 0.29) is 11.8 Å². The number of nitrogens with one attached hydrogen (secondary N) is 1. The maximum Gasteiger partial charge on any atom is 0.254 e. The van der Waals surface area contributed by atoms with Crippen LogP contribution in [0.3, 0.4) is 0 Å². The summed E-state index contributed by atoms with van der Waals surface area (Å²) < 4.78 is 5.78. The minimum atomic E-state index is -0.623. The number of benzene rings is 2. The van der Waals surface area contributed by atoms with Crippen LogP contribution in [0.1, 0.15) is 61.4 Å². The van der Waals surface area contributed by atoms with Crippen LogP contribution in [-0.4, -0.2) is 18.4 Å². The standard InChI is InChI=1S/C24H30N2O3/c1-5-6-7-12-29-20-10-8-19(9-11-20)15-26-23-17(3)13-16(2)14-21(23)22(24(26)28)25-18(4)27/h8-11,13-14,22H,5-7,12,15H2,1-4H3,(H,25,27)/t22-/m0/s1. The van der Waals surface area contributed by atoms with Gasteiger partial charge in [0.1, 0.15) is 11.8 Å².